The third kappa shape index (κ3) is 1.47. The molecule has 2 aliphatic heterocycles. The van der Waals surface area contributed by atoms with E-state index in [2.05, 4.69) is 0 Å². The predicted octanol–water partition coefficient (Wildman–Crippen LogP) is 1.85. The van der Waals surface area contributed by atoms with Crippen LogP contribution in [0.4, 0.5) is 0 Å². The van der Waals surface area contributed by atoms with Crippen LogP contribution in [0.5, 0.6) is 0 Å². The van der Waals surface area contributed by atoms with Gasteiger partial charge in [0.1, 0.15) is 6.10 Å². The lowest BCUT2D eigenvalue weighted by atomic mass is 9.94. The van der Waals surface area contributed by atoms with Gasteiger partial charge < -0.3 is 14.2 Å². The summed E-state index contributed by atoms with van der Waals surface area (Å²) in [6, 6.07) is 0. The van der Waals surface area contributed by atoms with Crippen LogP contribution in [0.15, 0.2) is 0 Å². The molecule has 3 fully saturated rings. The molecule has 3 heteroatoms. The van der Waals surface area contributed by atoms with E-state index in [1.54, 1.807) is 0 Å². The zero-order valence-electron chi connectivity index (χ0n) is 8.54. The molecule has 1 spiro atoms. The van der Waals surface area contributed by atoms with E-state index in [-0.39, 0.29) is 11.9 Å². The van der Waals surface area contributed by atoms with Gasteiger partial charge in [0.15, 0.2) is 5.79 Å². The van der Waals surface area contributed by atoms with E-state index in [0.717, 1.165) is 32.5 Å². The summed E-state index contributed by atoms with van der Waals surface area (Å²) in [5, 5.41) is 0. The average molecular weight is 198 g/mol. The molecule has 14 heavy (non-hydrogen) atoms. The Morgan fingerprint density at radius 2 is 1.71 bits per heavy atom. The van der Waals surface area contributed by atoms with Gasteiger partial charge in [-0.3, -0.25) is 0 Å². The first-order valence-electron chi connectivity index (χ1n) is 5.81. The topological polar surface area (TPSA) is 27.7 Å². The fourth-order valence-electron chi connectivity index (χ4n) is 2.84. The lowest BCUT2D eigenvalue weighted by Gasteiger charge is -2.31. The molecule has 1 aliphatic carbocycles. The Hall–Kier alpha value is -0.120. The first kappa shape index (κ1) is 9.13. The zero-order valence-corrected chi connectivity index (χ0v) is 8.54. The third-order valence-corrected chi connectivity index (χ3v) is 3.59. The van der Waals surface area contributed by atoms with Crippen LogP contribution < -0.4 is 0 Å². The van der Waals surface area contributed by atoms with Crippen molar-refractivity contribution in [2.45, 2.75) is 56.5 Å². The smallest absolute Gasteiger partial charge is 0.169 e. The highest BCUT2D eigenvalue weighted by atomic mass is 16.8. The molecule has 1 saturated carbocycles. The highest BCUT2D eigenvalue weighted by Crippen LogP contribution is 2.42. The number of hydrogen-bond acceptors (Lipinski definition) is 3. The van der Waals surface area contributed by atoms with Gasteiger partial charge in [0.05, 0.1) is 12.7 Å². The van der Waals surface area contributed by atoms with Crippen molar-refractivity contribution in [1.29, 1.82) is 0 Å². The minimum Gasteiger partial charge on any atom is -0.379 e. The fourth-order valence-corrected chi connectivity index (χ4v) is 2.84. The fraction of sp³-hybridized carbons (Fsp3) is 1.00. The predicted molar refractivity (Wildman–Crippen MR) is 51.0 cm³/mol. The Bertz CT molecular complexity index is 195. The molecule has 0 aromatic rings. The molecule has 0 N–H and O–H groups in total. The second-order valence-electron chi connectivity index (χ2n) is 4.65. The lowest BCUT2D eigenvalue weighted by Crippen LogP contribution is -2.34. The van der Waals surface area contributed by atoms with Crippen LogP contribution in [-0.4, -0.2) is 31.2 Å². The van der Waals surface area contributed by atoms with Crippen molar-refractivity contribution in [1.82, 2.24) is 0 Å². The van der Waals surface area contributed by atoms with Crippen LogP contribution in [0.3, 0.4) is 0 Å². The number of ether oxygens (including phenoxy) is 3. The van der Waals surface area contributed by atoms with Crippen molar-refractivity contribution < 1.29 is 14.2 Å². The van der Waals surface area contributed by atoms with Crippen LogP contribution in [0.1, 0.15) is 38.5 Å². The summed E-state index contributed by atoms with van der Waals surface area (Å²) >= 11 is 0. The number of hydrogen-bond donors (Lipinski definition) is 0. The molecular weight excluding hydrogens is 180 g/mol. The van der Waals surface area contributed by atoms with Crippen LogP contribution in [0.2, 0.25) is 0 Å². The second-order valence-corrected chi connectivity index (χ2v) is 4.65. The van der Waals surface area contributed by atoms with Gasteiger partial charge in [-0.15, -0.1) is 0 Å². The van der Waals surface area contributed by atoms with E-state index in [4.69, 9.17) is 14.2 Å². The van der Waals surface area contributed by atoms with Crippen molar-refractivity contribution in [3.63, 3.8) is 0 Å². The minimum atomic E-state index is -0.221. The Morgan fingerprint density at radius 3 is 2.50 bits per heavy atom. The summed E-state index contributed by atoms with van der Waals surface area (Å²) in [6.07, 6.45) is 7.52. The summed E-state index contributed by atoms with van der Waals surface area (Å²) < 4.78 is 17.6. The van der Waals surface area contributed by atoms with E-state index in [9.17, 15) is 0 Å². The zero-order chi connectivity index (χ0) is 9.43. The van der Waals surface area contributed by atoms with Crippen molar-refractivity contribution >= 4 is 0 Å². The van der Waals surface area contributed by atoms with Crippen LogP contribution in [-0.2, 0) is 14.2 Å². The van der Waals surface area contributed by atoms with E-state index in [1.807, 2.05) is 0 Å². The highest BCUT2D eigenvalue weighted by Gasteiger charge is 2.48. The van der Waals surface area contributed by atoms with Crippen molar-refractivity contribution in [3.8, 4) is 0 Å². The molecule has 0 bridgehead atoms. The van der Waals surface area contributed by atoms with Gasteiger partial charge in [-0.25, -0.2) is 0 Å². The first-order chi connectivity index (χ1) is 6.88. The Kier molecular flexibility index (Phi) is 2.26. The molecule has 3 aliphatic rings. The van der Waals surface area contributed by atoms with Gasteiger partial charge in [-0.2, -0.15) is 0 Å². The molecule has 2 heterocycles. The van der Waals surface area contributed by atoms with Gasteiger partial charge in [-0.1, -0.05) is 6.42 Å². The quantitative estimate of drug-likeness (QED) is 0.594. The maximum absolute atomic E-state index is 6.09. The molecule has 0 amide bonds. The van der Waals surface area contributed by atoms with E-state index in [1.165, 1.54) is 19.3 Å². The maximum atomic E-state index is 6.09. The molecule has 2 unspecified atom stereocenters. The molecule has 2 atom stereocenters. The first-order valence-corrected chi connectivity index (χ1v) is 5.81. The lowest BCUT2D eigenvalue weighted by molar-refractivity contribution is -0.193. The summed E-state index contributed by atoms with van der Waals surface area (Å²) in [5.41, 5.74) is 0. The molecular formula is C11H18O3. The van der Waals surface area contributed by atoms with Gasteiger partial charge in [-0.05, 0) is 19.3 Å². The number of rotatable bonds is 0. The van der Waals surface area contributed by atoms with Crippen molar-refractivity contribution in [2.75, 3.05) is 13.2 Å². The van der Waals surface area contributed by atoms with Crippen molar-refractivity contribution in [2.24, 2.45) is 0 Å². The van der Waals surface area contributed by atoms with Crippen LogP contribution >= 0.6 is 0 Å². The van der Waals surface area contributed by atoms with Gasteiger partial charge >= 0.3 is 0 Å². The van der Waals surface area contributed by atoms with Gasteiger partial charge in [0.25, 0.3) is 0 Å². The molecule has 3 rings (SSSR count). The van der Waals surface area contributed by atoms with Crippen molar-refractivity contribution in [3.05, 3.63) is 0 Å². The third-order valence-electron chi connectivity index (χ3n) is 3.59. The number of fused-ring (bicyclic) bond motifs is 1. The molecule has 2 saturated heterocycles. The summed E-state index contributed by atoms with van der Waals surface area (Å²) in [5.74, 6) is -0.221. The molecule has 80 valence electrons. The molecule has 0 radical (unpaired) electrons. The Balaban J connectivity index is 1.71. The monoisotopic (exact) mass is 198 g/mol. The molecule has 0 aromatic heterocycles. The standard InChI is InChI=1S/C11H18O3/c1-2-5-11(6-3-1)13-9-4-7-12-8-10(9)14-11/h9-10H,1-8H2. The largest absolute Gasteiger partial charge is 0.379 e. The summed E-state index contributed by atoms with van der Waals surface area (Å²) in [7, 11) is 0. The summed E-state index contributed by atoms with van der Waals surface area (Å²) in [6.45, 7) is 1.56. The van der Waals surface area contributed by atoms with E-state index < -0.39 is 0 Å². The normalized spacial score (nSPS) is 41.1. The van der Waals surface area contributed by atoms with Crippen LogP contribution in [0, 0.1) is 0 Å². The molecule has 0 aromatic carbocycles. The Morgan fingerprint density at radius 1 is 0.929 bits per heavy atom. The maximum Gasteiger partial charge on any atom is 0.169 e. The second kappa shape index (κ2) is 3.47. The molecule has 3 nitrogen and oxygen atoms in total. The van der Waals surface area contributed by atoms with Gasteiger partial charge in [0.2, 0.25) is 0 Å². The van der Waals surface area contributed by atoms with Gasteiger partial charge in [0, 0.05) is 19.4 Å². The highest BCUT2D eigenvalue weighted by molar-refractivity contribution is 4.89. The minimum absolute atomic E-state index is 0.210. The average Bonchev–Trinajstić information content (AvgIpc) is 2.56. The summed E-state index contributed by atoms with van der Waals surface area (Å²) in [4.78, 5) is 0. The Labute approximate surface area is 84.7 Å². The SMILES string of the molecule is C1CCC2(CC1)OC1CCOCC1O2. The van der Waals surface area contributed by atoms with E-state index >= 15 is 0 Å². The van der Waals surface area contributed by atoms with E-state index in [0.29, 0.717) is 6.10 Å². The van der Waals surface area contributed by atoms with Crippen LogP contribution in [0.25, 0.3) is 0 Å².